The van der Waals surface area contributed by atoms with Gasteiger partial charge in [-0.05, 0) is 48.0 Å². The van der Waals surface area contributed by atoms with E-state index in [9.17, 15) is 25.2 Å². The molecule has 0 aromatic carbocycles. The van der Waals surface area contributed by atoms with Crippen LogP contribution in [-0.2, 0) is 14.3 Å². The van der Waals surface area contributed by atoms with E-state index in [1.165, 1.54) is 0 Å². The Bertz CT molecular complexity index is 674. The molecule has 0 radical (unpaired) electrons. The predicted molar refractivity (Wildman–Crippen MR) is 99.1 cm³/mol. The molecule has 4 N–H and O–H groups in total. The Morgan fingerprint density at radius 3 is 2.50 bits per heavy atom. The van der Waals surface area contributed by atoms with Crippen molar-refractivity contribution >= 4 is 6.29 Å². The first-order chi connectivity index (χ1) is 13.2. The van der Waals surface area contributed by atoms with Crippen molar-refractivity contribution in [2.24, 2.45) is 22.2 Å². The summed E-state index contributed by atoms with van der Waals surface area (Å²) in [4.78, 5) is 12.1. The summed E-state index contributed by atoms with van der Waals surface area (Å²) >= 11 is 0. The van der Waals surface area contributed by atoms with E-state index in [2.05, 4.69) is 26.8 Å². The Labute approximate surface area is 165 Å². The van der Waals surface area contributed by atoms with Gasteiger partial charge in [0.2, 0.25) is 0 Å². The summed E-state index contributed by atoms with van der Waals surface area (Å²) in [5.74, 6) is 0.239. The van der Waals surface area contributed by atoms with Crippen LogP contribution in [0.25, 0.3) is 0 Å². The van der Waals surface area contributed by atoms with Crippen LogP contribution in [-0.4, -0.2) is 70.1 Å². The summed E-state index contributed by atoms with van der Waals surface area (Å²) in [6.45, 7) is 6.04. The standard InChI is InChI=1S/C21H32O7/c1-11-4-6-20-7-5-14(21(11,20)12(9-22)8-19(20,2)3)28-18-17(26)16(25)15(24)13(10-23)27-18/h8-9,11,13-18,23-26H,4-7,10H2,1-3H3/t11-,13+,14+,15+,16-,17+,18-,20-,21+/m0/s1. The van der Waals surface area contributed by atoms with Crippen LogP contribution in [0.4, 0.5) is 0 Å². The molecule has 0 spiro atoms. The van der Waals surface area contributed by atoms with Crippen molar-refractivity contribution in [2.75, 3.05) is 6.61 Å². The summed E-state index contributed by atoms with van der Waals surface area (Å²) in [6.07, 6.45) is -0.115. The van der Waals surface area contributed by atoms with Crippen molar-refractivity contribution in [3.8, 4) is 0 Å². The van der Waals surface area contributed by atoms with Crippen LogP contribution in [0.3, 0.4) is 0 Å². The summed E-state index contributed by atoms with van der Waals surface area (Å²) in [6, 6.07) is 0. The number of hydrogen-bond acceptors (Lipinski definition) is 7. The Kier molecular flexibility index (Phi) is 4.81. The molecule has 28 heavy (non-hydrogen) atoms. The topological polar surface area (TPSA) is 116 Å². The maximum absolute atomic E-state index is 12.1. The molecular weight excluding hydrogens is 364 g/mol. The van der Waals surface area contributed by atoms with Crippen LogP contribution in [0.1, 0.15) is 46.5 Å². The first-order valence-electron chi connectivity index (χ1n) is 10.3. The van der Waals surface area contributed by atoms with Gasteiger partial charge in [0.25, 0.3) is 0 Å². The number of ether oxygens (including phenoxy) is 2. The zero-order chi connectivity index (χ0) is 20.5. The van der Waals surface area contributed by atoms with Crippen molar-refractivity contribution in [1.82, 2.24) is 0 Å². The van der Waals surface area contributed by atoms with Gasteiger partial charge < -0.3 is 29.9 Å². The van der Waals surface area contributed by atoms with E-state index in [0.29, 0.717) is 0 Å². The maximum Gasteiger partial charge on any atom is 0.187 e. The molecule has 4 rings (SSSR count). The molecule has 1 heterocycles. The molecule has 4 aliphatic rings. The van der Waals surface area contributed by atoms with E-state index in [1.54, 1.807) is 0 Å². The molecular formula is C21H32O7. The SMILES string of the molecule is C[C@H]1CC[C@@]23CC[C@@H](O[C@@H]4O[C@H](CO)[C@@H](O)[C@H](O)[C@H]4O)[C@]12C(C=O)=CC3(C)C. The van der Waals surface area contributed by atoms with E-state index in [1.807, 2.05) is 0 Å². The quantitative estimate of drug-likeness (QED) is 0.512. The minimum absolute atomic E-state index is 0.0749. The third-order valence-corrected chi connectivity index (χ3v) is 8.42. The second-order valence-electron chi connectivity index (χ2n) is 9.69. The number of carbonyl (C=O) groups excluding carboxylic acids is 1. The van der Waals surface area contributed by atoms with E-state index in [4.69, 9.17) is 9.47 Å². The molecule has 0 unspecified atom stereocenters. The Hall–Kier alpha value is -0.830. The van der Waals surface area contributed by atoms with Gasteiger partial charge in [-0.15, -0.1) is 0 Å². The molecule has 3 fully saturated rings. The normalized spacial score (nSPS) is 52.2. The fourth-order valence-electron chi connectivity index (χ4n) is 7.15. The number of carbonyl (C=O) groups is 1. The van der Waals surface area contributed by atoms with Gasteiger partial charge in [-0.3, -0.25) is 4.79 Å². The molecule has 1 aliphatic heterocycles. The molecule has 7 nitrogen and oxygen atoms in total. The Balaban J connectivity index is 1.68. The number of aliphatic hydroxyl groups is 4. The number of allylic oxidation sites excluding steroid dienone is 1. The van der Waals surface area contributed by atoms with Gasteiger partial charge in [0, 0.05) is 5.41 Å². The molecule has 0 aromatic heterocycles. The molecule has 7 heteroatoms. The van der Waals surface area contributed by atoms with Crippen LogP contribution in [0, 0.1) is 22.2 Å². The minimum atomic E-state index is -1.47. The highest BCUT2D eigenvalue weighted by Crippen LogP contribution is 2.78. The third-order valence-electron chi connectivity index (χ3n) is 8.42. The van der Waals surface area contributed by atoms with Gasteiger partial charge in [-0.2, -0.15) is 0 Å². The summed E-state index contributed by atoms with van der Waals surface area (Å²) in [5.41, 5.74) is 0.113. The minimum Gasteiger partial charge on any atom is -0.394 e. The zero-order valence-electron chi connectivity index (χ0n) is 16.7. The molecule has 0 amide bonds. The van der Waals surface area contributed by atoms with Crippen molar-refractivity contribution < 1.29 is 34.7 Å². The lowest BCUT2D eigenvalue weighted by molar-refractivity contribution is -0.319. The lowest BCUT2D eigenvalue weighted by atomic mass is 9.56. The number of rotatable bonds is 4. The number of hydrogen-bond donors (Lipinski definition) is 4. The van der Waals surface area contributed by atoms with Gasteiger partial charge in [0.15, 0.2) is 6.29 Å². The molecule has 0 bridgehead atoms. The average molecular weight is 396 g/mol. The van der Waals surface area contributed by atoms with E-state index in [-0.39, 0.29) is 22.9 Å². The van der Waals surface area contributed by atoms with Gasteiger partial charge >= 0.3 is 0 Å². The van der Waals surface area contributed by atoms with E-state index < -0.39 is 42.7 Å². The second kappa shape index (κ2) is 6.59. The van der Waals surface area contributed by atoms with Crippen LogP contribution < -0.4 is 0 Å². The smallest absolute Gasteiger partial charge is 0.187 e. The average Bonchev–Trinajstić information content (AvgIpc) is 3.22. The number of aliphatic hydroxyl groups excluding tert-OH is 4. The highest BCUT2D eigenvalue weighted by atomic mass is 16.7. The fraction of sp³-hybridized carbons (Fsp3) is 0.857. The molecule has 3 aliphatic carbocycles. The van der Waals surface area contributed by atoms with Gasteiger partial charge in [-0.1, -0.05) is 26.8 Å². The second-order valence-corrected chi connectivity index (χ2v) is 9.69. The van der Waals surface area contributed by atoms with Crippen molar-refractivity contribution in [3.05, 3.63) is 11.6 Å². The molecule has 1 saturated heterocycles. The van der Waals surface area contributed by atoms with Gasteiger partial charge in [-0.25, -0.2) is 0 Å². The van der Waals surface area contributed by atoms with E-state index >= 15 is 0 Å². The first kappa shape index (κ1) is 20.4. The highest BCUT2D eigenvalue weighted by molar-refractivity contribution is 5.79. The van der Waals surface area contributed by atoms with Crippen molar-refractivity contribution in [1.29, 1.82) is 0 Å². The zero-order valence-corrected chi connectivity index (χ0v) is 16.7. The predicted octanol–water partition coefficient (Wildman–Crippen LogP) is 0.533. The van der Waals surface area contributed by atoms with Crippen molar-refractivity contribution in [2.45, 2.75) is 83.3 Å². The first-order valence-corrected chi connectivity index (χ1v) is 10.3. The van der Waals surface area contributed by atoms with Gasteiger partial charge in [0.05, 0.1) is 12.7 Å². The lowest BCUT2D eigenvalue weighted by Crippen LogP contribution is -2.60. The lowest BCUT2D eigenvalue weighted by Gasteiger charge is -2.49. The van der Waals surface area contributed by atoms with Crippen LogP contribution in [0.15, 0.2) is 11.6 Å². The van der Waals surface area contributed by atoms with Crippen LogP contribution in [0.2, 0.25) is 0 Å². The summed E-state index contributed by atoms with van der Waals surface area (Å²) in [5, 5.41) is 40.0. The van der Waals surface area contributed by atoms with Crippen LogP contribution >= 0.6 is 0 Å². The maximum atomic E-state index is 12.1. The molecule has 9 atom stereocenters. The summed E-state index contributed by atoms with van der Waals surface area (Å²) < 4.78 is 11.9. The summed E-state index contributed by atoms with van der Waals surface area (Å²) in [7, 11) is 0. The molecule has 158 valence electrons. The number of aldehydes is 1. The van der Waals surface area contributed by atoms with E-state index in [0.717, 1.165) is 37.5 Å². The fourth-order valence-corrected chi connectivity index (χ4v) is 7.15. The van der Waals surface area contributed by atoms with Gasteiger partial charge in [0.1, 0.15) is 30.7 Å². The Morgan fingerprint density at radius 2 is 1.86 bits per heavy atom. The third kappa shape index (κ3) is 2.29. The largest absolute Gasteiger partial charge is 0.394 e. The highest BCUT2D eigenvalue weighted by Gasteiger charge is 2.75. The van der Waals surface area contributed by atoms with Crippen molar-refractivity contribution in [3.63, 3.8) is 0 Å². The van der Waals surface area contributed by atoms with Crippen LogP contribution in [0.5, 0.6) is 0 Å². The monoisotopic (exact) mass is 396 g/mol. The molecule has 2 saturated carbocycles. The Morgan fingerprint density at radius 1 is 1.18 bits per heavy atom. The molecule has 0 aromatic rings.